The molecule has 6 rings (SSSR count). The first-order chi connectivity index (χ1) is 18.1. The predicted molar refractivity (Wildman–Crippen MR) is 149 cm³/mol. The maximum atomic E-state index is 13.8. The molecule has 0 saturated carbocycles. The van der Waals surface area contributed by atoms with Crippen molar-refractivity contribution in [1.29, 1.82) is 0 Å². The second-order valence-electron chi connectivity index (χ2n) is 9.43. The van der Waals surface area contributed by atoms with Crippen molar-refractivity contribution in [2.45, 2.75) is 32.7 Å². The number of allylic oxidation sites excluding steroid dienone is 1. The van der Waals surface area contributed by atoms with Crippen LogP contribution in [-0.2, 0) is 6.42 Å². The highest BCUT2D eigenvalue weighted by atomic mass is 32.1. The van der Waals surface area contributed by atoms with Gasteiger partial charge in [-0.15, -0.1) is 0 Å². The fourth-order valence-electron chi connectivity index (χ4n) is 5.49. The van der Waals surface area contributed by atoms with E-state index in [4.69, 9.17) is 4.99 Å². The van der Waals surface area contributed by atoms with Crippen molar-refractivity contribution >= 4 is 28.8 Å². The van der Waals surface area contributed by atoms with Crippen molar-refractivity contribution < 1.29 is 4.39 Å². The summed E-state index contributed by atoms with van der Waals surface area (Å²) in [5, 5.41) is 0. The van der Waals surface area contributed by atoms with Gasteiger partial charge in [0.1, 0.15) is 5.82 Å². The Morgan fingerprint density at radius 1 is 1.00 bits per heavy atom. The smallest absolute Gasteiger partial charge is 0.271 e. The lowest BCUT2D eigenvalue weighted by Crippen LogP contribution is -2.38. The molecule has 2 aliphatic rings. The number of benzene rings is 3. The Labute approximate surface area is 219 Å². The standard InChI is InChI=1S/C31H28FN3OS/c1-3-34(4-2)24-16-9-20(10-17-24)19-27-30(36)35-29(22-11-14-23(32)15-12-22)26-18-13-21-7-5-6-8-25(21)28(26)33-31(35)37-27/h5-12,14-17,19,29H,3-4,13,18H2,1-2H3. The largest absolute Gasteiger partial charge is 0.372 e. The highest BCUT2D eigenvalue weighted by molar-refractivity contribution is 7.07. The molecule has 1 aromatic heterocycles. The third-order valence-corrected chi connectivity index (χ3v) is 8.36. The van der Waals surface area contributed by atoms with Gasteiger partial charge in [-0.05, 0) is 79.3 Å². The Morgan fingerprint density at radius 2 is 1.73 bits per heavy atom. The van der Waals surface area contributed by atoms with E-state index < -0.39 is 0 Å². The maximum Gasteiger partial charge on any atom is 0.271 e. The third kappa shape index (κ3) is 4.15. The number of fused-ring (bicyclic) bond motifs is 3. The molecule has 0 saturated heterocycles. The first-order valence-corrected chi connectivity index (χ1v) is 13.6. The average Bonchev–Trinajstić information content (AvgIpc) is 3.24. The second kappa shape index (κ2) is 9.60. The van der Waals surface area contributed by atoms with Gasteiger partial charge in [-0.3, -0.25) is 9.36 Å². The molecule has 0 spiro atoms. The molecule has 186 valence electrons. The van der Waals surface area contributed by atoms with Crippen molar-refractivity contribution in [2.75, 3.05) is 18.0 Å². The highest BCUT2D eigenvalue weighted by Crippen LogP contribution is 2.41. The fraction of sp³-hybridized carbons (Fsp3) is 0.226. The van der Waals surface area contributed by atoms with E-state index in [1.807, 2.05) is 12.1 Å². The lowest BCUT2D eigenvalue weighted by Gasteiger charge is -2.30. The van der Waals surface area contributed by atoms with Gasteiger partial charge < -0.3 is 4.90 Å². The van der Waals surface area contributed by atoms with Gasteiger partial charge >= 0.3 is 0 Å². The molecule has 0 bridgehead atoms. The molecule has 1 aliphatic heterocycles. The van der Waals surface area contributed by atoms with Crippen LogP contribution in [0.5, 0.6) is 0 Å². The molecule has 0 N–H and O–H groups in total. The van der Waals surface area contributed by atoms with Gasteiger partial charge in [0.05, 0.1) is 16.3 Å². The van der Waals surface area contributed by atoms with Crippen LogP contribution in [0.4, 0.5) is 10.1 Å². The van der Waals surface area contributed by atoms with Crippen molar-refractivity contribution in [3.63, 3.8) is 0 Å². The summed E-state index contributed by atoms with van der Waals surface area (Å²) >= 11 is 1.42. The summed E-state index contributed by atoms with van der Waals surface area (Å²) in [4.78, 5) is 21.9. The van der Waals surface area contributed by atoms with E-state index in [0.717, 1.165) is 53.9 Å². The lowest BCUT2D eigenvalue weighted by molar-refractivity contribution is 0.581. The lowest BCUT2D eigenvalue weighted by atomic mass is 9.83. The van der Waals surface area contributed by atoms with E-state index in [1.54, 1.807) is 16.7 Å². The van der Waals surface area contributed by atoms with Gasteiger partial charge in [-0.1, -0.05) is 59.9 Å². The minimum absolute atomic E-state index is 0.0590. The minimum Gasteiger partial charge on any atom is -0.372 e. The van der Waals surface area contributed by atoms with E-state index in [9.17, 15) is 9.18 Å². The maximum absolute atomic E-state index is 13.8. The summed E-state index contributed by atoms with van der Waals surface area (Å²) in [7, 11) is 0. The molecule has 3 aromatic carbocycles. The second-order valence-corrected chi connectivity index (χ2v) is 10.4. The number of nitrogens with zero attached hydrogens (tertiary/aromatic N) is 3. The monoisotopic (exact) mass is 509 g/mol. The van der Waals surface area contributed by atoms with Crippen molar-refractivity contribution in [3.05, 3.63) is 126 Å². The first kappa shape index (κ1) is 23.6. The number of aryl methyl sites for hydroxylation is 1. The van der Waals surface area contributed by atoms with Crippen molar-refractivity contribution in [1.82, 2.24) is 4.57 Å². The number of anilines is 1. The molecule has 4 aromatic rings. The van der Waals surface area contributed by atoms with Crippen LogP contribution < -0.4 is 19.8 Å². The Kier molecular flexibility index (Phi) is 6.13. The Hall–Kier alpha value is -3.77. The van der Waals surface area contributed by atoms with Crippen LogP contribution in [-0.4, -0.2) is 17.7 Å². The number of hydrogen-bond donors (Lipinski definition) is 0. The summed E-state index contributed by atoms with van der Waals surface area (Å²) in [6.45, 7) is 6.19. The molecule has 2 heterocycles. The zero-order valence-corrected chi connectivity index (χ0v) is 21.8. The van der Waals surface area contributed by atoms with Gasteiger partial charge in [0.25, 0.3) is 5.56 Å². The molecule has 1 atom stereocenters. The topological polar surface area (TPSA) is 37.6 Å². The Balaban J connectivity index is 1.52. The van der Waals surface area contributed by atoms with Crippen LogP contribution in [0, 0.1) is 5.82 Å². The van der Waals surface area contributed by atoms with Crippen LogP contribution in [0.15, 0.2) is 88.2 Å². The number of rotatable bonds is 5. The minimum atomic E-state index is -0.299. The zero-order valence-electron chi connectivity index (χ0n) is 20.9. The normalized spacial score (nSPS) is 16.6. The molecule has 0 radical (unpaired) electrons. The summed E-state index contributed by atoms with van der Waals surface area (Å²) in [6.07, 6.45) is 3.66. The van der Waals surface area contributed by atoms with Crippen LogP contribution in [0.25, 0.3) is 11.8 Å². The average molecular weight is 510 g/mol. The molecule has 0 amide bonds. The van der Waals surface area contributed by atoms with Gasteiger partial charge in [-0.2, -0.15) is 0 Å². The quantitative estimate of drug-likeness (QED) is 0.366. The molecule has 4 nitrogen and oxygen atoms in total. The predicted octanol–water partition coefficient (Wildman–Crippen LogP) is 5.30. The first-order valence-electron chi connectivity index (χ1n) is 12.8. The Bertz CT molecular complexity index is 1680. The Morgan fingerprint density at radius 3 is 2.46 bits per heavy atom. The fourth-order valence-corrected chi connectivity index (χ4v) is 6.49. The van der Waals surface area contributed by atoms with E-state index in [-0.39, 0.29) is 17.4 Å². The van der Waals surface area contributed by atoms with Crippen LogP contribution in [0.2, 0.25) is 0 Å². The van der Waals surface area contributed by atoms with Gasteiger partial charge in [-0.25, -0.2) is 9.38 Å². The van der Waals surface area contributed by atoms with E-state index in [2.05, 4.69) is 61.2 Å². The molecular weight excluding hydrogens is 481 g/mol. The van der Waals surface area contributed by atoms with Crippen molar-refractivity contribution in [2.24, 2.45) is 4.99 Å². The molecule has 1 unspecified atom stereocenters. The summed E-state index contributed by atoms with van der Waals surface area (Å²) in [5.41, 5.74) is 7.46. The van der Waals surface area contributed by atoms with E-state index in [0.29, 0.717) is 9.33 Å². The third-order valence-electron chi connectivity index (χ3n) is 7.38. The number of hydrogen-bond acceptors (Lipinski definition) is 4. The van der Waals surface area contributed by atoms with Gasteiger partial charge in [0.2, 0.25) is 0 Å². The van der Waals surface area contributed by atoms with Crippen LogP contribution >= 0.6 is 11.3 Å². The zero-order chi connectivity index (χ0) is 25.5. The van der Waals surface area contributed by atoms with E-state index in [1.165, 1.54) is 34.7 Å². The highest BCUT2D eigenvalue weighted by Gasteiger charge is 2.32. The molecule has 0 fully saturated rings. The number of halogens is 1. The molecular formula is C31H28FN3OS. The number of thiazole rings is 1. The van der Waals surface area contributed by atoms with E-state index >= 15 is 0 Å². The molecule has 1 aliphatic carbocycles. The summed E-state index contributed by atoms with van der Waals surface area (Å²) in [6, 6.07) is 22.9. The SMILES string of the molecule is CCN(CC)c1ccc(C=c2sc3n(c2=O)C(c2ccc(F)cc2)C2=C(N=3)c3ccccc3CC2)cc1. The molecule has 37 heavy (non-hydrogen) atoms. The van der Waals surface area contributed by atoms with Crippen LogP contribution in [0.1, 0.15) is 48.6 Å². The van der Waals surface area contributed by atoms with Gasteiger partial charge in [0.15, 0.2) is 4.80 Å². The number of aromatic nitrogens is 1. The van der Waals surface area contributed by atoms with Crippen LogP contribution in [0.3, 0.4) is 0 Å². The van der Waals surface area contributed by atoms with Crippen molar-refractivity contribution in [3.8, 4) is 0 Å². The molecule has 6 heteroatoms. The summed E-state index contributed by atoms with van der Waals surface area (Å²) in [5.74, 6) is -0.285. The van der Waals surface area contributed by atoms with Gasteiger partial charge in [0, 0.05) is 24.3 Å². The summed E-state index contributed by atoms with van der Waals surface area (Å²) < 4.78 is 16.3.